The Kier molecular flexibility index (Phi) is 3.84. The summed E-state index contributed by atoms with van der Waals surface area (Å²) < 4.78 is 5.66. The van der Waals surface area contributed by atoms with Gasteiger partial charge in [0.25, 0.3) is 0 Å². The van der Waals surface area contributed by atoms with Crippen molar-refractivity contribution in [1.82, 2.24) is 10.2 Å². The molecule has 3 rings (SSSR count). The van der Waals surface area contributed by atoms with Gasteiger partial charge in [-0.05, 0) is 42.3 Å². The average molecular weight is 297 g/mol. The van der Waals surface area contributed by atoms with E-state index in [-0.39, 0.29) is 0 Å². The maximum absolute atomic E-state index is 5.85. The number of halogens is 1. The lowest BCUT2D eigenvalue weighted by atomic mass is 10.1. The van der Waals surface area contributed by atoms with Crippen LogP contribution in [0.4, 0.5) is 0 Å². The third-order valence-electron chi connectivity index (χ3n) is 3.10. The summed E-state index contributed by atoms with van der Waals surface area (Å²) in [5.41, 5.74) is 3.08. The zero-order valence-electron chi connectivity index (χ0n) is 11.5. The number of aryl methyl sites for hydroxylation is 1. The van der Waals surface area contributed by atoms with E-state index in [0.29, 0.717) is 16.8 Å². The number of nitrogens with zero attached hydrogens (tertiary/aromatic N) is 2. The highest BCUT2D eigenvalue weighted by atomic mass is 35.5. The van der Waals surface area contributed by atoms with E-state index in [0.717, 1.165) is 16.7 Å². The monoisotopic (exact) mass is 296 g/mol. The minimum absolute atomic E-state index is 0.475. The van der Waals surface area contributed by atoms with Crippen LogP contribution in [0.15, 0.2) is 52.9 Å². The molecule has 0 saturated carbocycles. The molecule has 0 aliphatic carbocycles. The fourth-order valence-electron chi connectivity index (χ4n) is 1.97. The lowest BCUT2D eigenvalue weighted by molar-refractivity contribution is 0.557. The van der Waals surface area contributed by atoms with Crippen molar-refractivity contribution < 1.29 is 4.42 Å². The first-order chi connectivity index (χ1) is 10.2. The summed E-state index contributed by atoms with van der Waals surface area (Å²) in [5.74, 6) is 1.01. The first-order valence-corrected chi connectivity index (χ1v) is 6.93. The van der Waals surface area contributed by atoms with E-state index in [2.05, 4.69) is 10.2 Å². The van der Waals surface area contributed by atoms with Crippen molar-refractivity contribution in [3.8, 4) is 11.5 Å². The van der Waals surface area contributed by atoms with Gasteiger partial charge in [-0.15, -0.1) is 10.2 Å². The first-order valence-electron chi connectivity index (χ1n) is 6.55. The van der Waals surface area contributed by atoms with Crippen molar-refractivity contribution >= 4 is 23.8 Å². The lowest BCUT2D eigenvalue weighted by Gasteiger charge is -1.98. The number of aromatic nitrogens is 2. The van der Waals surface area contributed by atoms with Crippen LogP contribution in [0.2, 0.25) is 5.02 Å². The molecule has 0 atom stereocenters. The van der Waals surface area contributed by atoms with Gasteiger partial charge >= 0.3 is 0 Å². The van der Waals surface area contributed by atoms with Gasteiger partial charge in [0, 0.05) is 16.7 Å². The molecule has 0 saturated heterocycles. The summed E-state index contributed by atoms with van der Waals surface area (Å²) in [4.78, 5) is 0. The molecule has 4 heteroatoms. The van der Waals surface area contributed by atoms with E-state index in [9.17, 15) is 0 Å². The van der Waals surface area contributed by atoms with E-state index in [1.54, 1.807) is 6.08 Å². The Morgan fingerprint density at radius 3 is 2.48 bits per heavy atom. The molecule has 3 nitrogen and oxygen atoms in total. The van der Waals surface area contributed by atoms with Crippen molar-refractivity contribution in [2.45, 2.75) is 6.92 Å². The van der Waals surface area contributed by atoms with Crippen LogP contribution in [0.25, 0.3) is 23.6 Å². The van der Waals surface area contributed by atoms with Crippen LogP contribution in [0.5, 0.6) is 0 Å². The molecular weight excluding hydrogens is 284 g/mol. The van der Waals surface area contributed by atoms with Gasteiger partial charge in [-0.1, -0.05) is 41.9 Å². The van der Waals surface area contributed by atoms with Gasteiger partial charge in [0.15, 0.2) is 0 Å². The van der Waals surface area contributed by atoms with Crippen LogP contribution < -0.4 is 0 Å². The maximum atomic E-state index is 5.85. The molecule has 0 bridgehead atoms. The smallest absolute Gasteiger partial charge is 0.248 e. The van der Waals surface area contributed by atoms with Gasteiger partial charge in [-0.3, -0.25) is 0 Å². The van der Waals surface area contributed by atoms with Gasteiger partial charge in [-0.25, -0.2) is 0 Å². The first kappa shape index (κ1) is 13.6. The third kappa shape index (κ3) is 3.20. The van der Waals surface area contributed by atoms with Crippen LogP contribution in [-0.4, -0.2) is 10.2 Å². The Bertz CT molecular complexity index is 775. The fraction of sp³-hybridized carbons (Fsp3) is 0.0588. The average Bonchev–Trinajstić information content (AvgIpc) is 2.96. The Balaban J connectivity index is 1.82. The van der Waals surface area contributed by atoms with Crippen molar-refractivity contribution in [3.63, 3.8) is 0 Å². The Morgan fingerprint density at radius 1 is 0.952 bits per heavy atom. The Hall–Kier alpha value is -2.39. The van der Waals surface area contributed by atoms with Gasteiger partial charge in [0.05, 0.1) is 0 Å². The van der Waals surface area contributed by atoms with Crippen molar-refractivity contribution in [2.75, 3.05) is 0 Å². The van der Waals surface area contributed by atoms with Gasteiger partial charge in [-0.2, -0.15) is 0 Å². The summed E-state index contributed by atoms with van der Waals surface area (Å²) in [6.45, 7) is 2.02. The van der Waals surface area contributed by atoms with Gasteiger partial charge in [0.1, 0.15) is 0 Å². The predicted molar refractivity (Wildman–Crippen MR) is 84.9 cm³/mol. The zero-order chi connectivity index (χ0) is 14.7. The molecule has 104 valence electrons. The summed E-state index contributed by atoms with van der Waals surface area (Å²) >= 11 is 5.85. The minimum atomic E-state index is 0.475. The SMILES string of the molecule is Cc1ccccc1-c1nnc(/C=C/c2ccc(Cl)cc2)o1. The summed E-state index contributed by atoms with van der Waals surface area (Å²) in [6, 6.07) is 15.5. The highest BCUT2D eigenvalue weighted by molar-refractivity contribution is 6.30. The molecule has 0 amide bonds. The highest BCUT2D eigenvalue weighted by Gasteiger charge is 2.08. The molecule has 0 N–H and O–H groups in total. The molecule has 1 heterocycles. The lowest BCUT2D eigenvalue weighted by Crippen LogP contribution is -1.81. The van der Waals surface area contributed by atoms with Crippen LogP contribution in [0.3, 0.4) is 0 Å². The summed E-state index contributed by atoms with van der Waals surface area (Å²) in [7, 11) is 0. The molecule has 2 aromatic carbocycles. The van der Waals surface area contributed by atoms with E-state index >= 15 is 0 Å². The second-order valence-corrected chi connectivity index (χ2v) is 5.08. The third-order valence-corrected chi connectivity index (χ3v) is 3.36. The molecule has 0 unspecified atom stereocenters. The molecule has 1 aromatic heterocycles. The minimum Gasteiger partial charge on any atom is -0.417 e. The van der Waals surface area contributed by atoms with Crippen LogP contribution in [-0.2, 0) is 0 Å². The van der Waals surface area contributed by atoms with Crippen LogP contribution >= 0.6 is 11.6 Å². The van der Waals surface area contributed by atoms with Gasteiger partial charge < -0.3 is 4.42 Å². The Morgan fingerprint density at radius 2 is 1.71 bits per heavy atom. The summed E-state index contributed by atoms with van der Waals surface area (Å²) in [6.07, 6.45) is 3.70. The van der Waals surface area contributed by atoms with Crippen molar-refractivity contribution in [3.05, 3.63) is 70.6 Å². The fourth-order valence-corrected chi connectivity index (χ4v) is 2.09. The van der Waals surface area contributed by atoms with Gasteiger partial charge in [0.2, 0.25) is 11.8 Å². The molecule has 0 spiro atoms. The molecule has 0 radical (unpaired) electrons. The Labute approximate surface area is 127 Å². The van der Waals surface area contributed by atoms with Crippen LogP contribution in [0, 0.1) is 6.92 Å². The second kappa shape index (κ2) is 5.94. The number of hydrogen-bond donors (Lipinski definition) is 0. The van der Waals surface area contributed by atoms with Crippen molar-refractivity contribution in [2.24, 2.45) is 0 Å². The molecule has 21 heavy (non-hydrogen) atoms. The number of hydrogen-bond acceptors (Lipinski definition) is 3. The van der Waals surface area contributed by atoms with E-state index < -0.39 is 0 Å². The topological polar surface area (TPSA) is 38.9 Å². The standard InChI is InChI=1S/C17H13ClN2O/c1-12-4-2-3-5-15(12)17-20-19-16(21-17)11-8-13-6-9-14(18)10-7-13/h2-11H,1H3/b11-8+. The number of benzene rings is 2. The molecule has 0 fully saturated rings. The van der Waals surface area contributed by atoms with E-state index in [1.807, 2.05) is 61.5 Å². The maximum Gasteiger partial charge on any atom is 0.248 e. The molecule has 3 aromatic rings. The van der Waals surface area contributed by atoms with E-state index in [4.69, 9.17) is 16.0 Å². The molecular formula is C17H13ClN2O. The summed E-state index contributed by atoms with van der Waals surface area (Å²) in [5, 5.41) is 8.84. The largest absolute Gasteiger partial charge is 0.417 e. The normalized spacial score (nSPS) is 11.1. The van der Waals surface area contributed by atoms with Crippen LogP contribution in [0.1, 0.15) is 17.0 Å². The zero-order valence-corrected chi connectivity index (χ0v) is 12.2. The molecule has 0 aliphatic rings. The van der Waals surface area contributed by atoms with E-state index in [1.165, 1.54) is 0 Å². The second-order valence-electron chi connectivity index (χ2n) is 4.65. The number of rotatable bonds is 3. The predicted octanol–water partition coefficient (Wildman–Crippen LogP) is 4.87. The quantitative estimate of drug-likeness (QED) is 0.692. The van der Waals surface area contributed by atoms with Crippen molar-refractivity contribution in [1.29, 1.82) is 0 Å². The molecule has 0 aliphatic heterocycles. The highest BCUT2D eigenvalue weighted by Crippen LogP contribution is 2.22.